The summed E-state index contributed by atoms with van der Waals surface area (Å²) in [4.78, 5) is 42.4. The van der Waals surface area contributed by atoms with Gasteiger partial charge in [-0.1, -0.05) is 6.07 Å². The van der Waals surface area contributed by atoms with Crippen molar-refractivity contribution in [2.45, 2.75) is 13.8 Å². The van der Waals surface area contributed by atoms with Gasteiger partial charge >= 0.3 is 6.03 Å². The zero-order valence-electron chi connectivity index (χ0n) is 17.8. The second-order valence-electron chi connectivity index (χ2n) is 7.27. The third kappa shape index (κ3) is 5.39. The summed E-state index contributed by atoms with van der Waals surface area (Å²) in [5, 5.41) is 2.83. The van der Waals surface area contributed by atoms with Gasteiger partial charge in [-0.05, 0) is 56.3 Å². The highest BCUT2D eigenvalue weighted by Crippen LogP contribution is 2.14. The van der Waals surface area contributed by atoms with Crippen LogP contribution in [0.2, 0.25) is 0 Å². The van der Waals surface area contributed by atoms with E-state index in [-0.39, 0.29) is 17.8 Å². The quantitative estimate of drug-likeness (QED) is 0.797. The van der Waals surface area contributed by atoms with E-state index >= 15 is 0 Å². The summed E-state index contributed by atoms with van der Waals surface area (Å²) >= 11 is 0. The predicted octanol–water partition coefficient (Wildman–Crippen LogP) is 3.30. The van der Waals surface area contributed by atoms with Crippen LogP contribution in [0.1, 0.15) is 34.6 Å². The van der Waals surface area contributed by atoms with Crippen molar-refractivity contribution in [3.8, 4) is 0 Å². The molecular weight excluding hydrogens is 399 g/mol. The van der Waals surface area contributed by atoms with Crippen molar-refractivity contribution in [3.05, 3.63) is 65.5 Å². The van der Waals surface area contributed by atoms with Crippen molar-refractivity contribution in [1.82, 2.24) is 14.7 Å². The van der Waals surface area contributed by atoms with Gasteiger partial charge in [-0.3, -0.25) is 9.59 Å². The Kier molecular flexibility index (Phi) is 7.23. The van der Waals surface area contributed by atoms with Crippen molar-refractivity contribution < 1.29 is 18.8 Å². The maximum atomic E-state index is 13.4. The van der Waals surface area contributed by atoms with Crippen LogP contribution in [0.3, 0.4) is 0 Å². The topological polar surface area (TPSA) is 73.0 Å². The van der Waals surface area contributed by atoms with Crippen LogP contribution >= 0.6 is 0 Å². The smallest absolute Gasteiger partial charge is 0.321 e. The van der Waals surface area contributed by atoms with E-state index in [2.05, 4.69) is 5.32 Å². The Morgan fingerprint density at radius 2 is 1.52 bits per heavy atom. The number of halogens is 1. The lowest BCUT2D eigenvalue weighted by Crippen LogP contribution is -2.51. The van der Waals surface area contributed by atoms with Crippen LogP contribution in [0.25, 0.3) is 0 Å². The molecule has 0 atom stereocenters. The molecule has 8 heteroatoms. The second-order valence-corrected chi connectivity index (χ2v) is 7.27. The van der Waals surface area contributed by atoms with Crippen LogP contribution in [0.4, 0.5) is 14.9 Å². The number of nitrogens with one attached hydrogen (secondary N) is 1. The first-order valence-corrected chi connectivity index (χ1v) is 10.4. The number of benzene rings is 2. The van der Waals surface area contributed by atoms with Gasteiger partial charge in [0, 0.05) is 56.1 Å². The SMILES string of the molecule is CCN(CC)C(=O)c1ccc(NC(=O)N2CCN(C(=O)c3cccc(F)c3)CC2)cc1. The van der Waals surface area contributed by atoms with Gasteiger partial charge in [-0.25, -0.2) is 9.18 Å². The molecular formula is C23H27FN4O3. The lowest BCUT2D eigenvalue weighted by molar-refractivity contribution is 0.0671. The summed E-state index contributed by atoms with van der Waals surface area (Å²) in [5.74, 6) is -0.733. The number of carbonyl (C=O) groups excluding carboxylic acids is 3. The Bertz CT molecular complexity index is 936. The van der Waals surface area contributed by atoms with Crippen molar-refractivity contribution in [3.63, 3.8) is 0 Å². The number of anilines is 1. The highest BCUT2D eigenvalue weighted by atomic mass is 19.1. The van der Waals surface area contributed by atoms with Gasteiger partial charge in [-0.15, -0.1) is 0 Å². The summed E-state index contributed by atoms with van der Waals surface area (Å²) in [6.07, 6.45) is 0. The normalized spacial score (nSPS) is 13.6. The molecule has 1 aliphatic rings. The van der Waals surface area contributed by atoms with Gasteiger partial charge in [0.05, 0.1) is 0 Å². The van der Waals surface area contributed by atoms with Crippen LogP contribution in [0.15, 0.2) is 48.5 Å². The highest BCUT2D eigenvalue weighted by molar-refractivity contribution is 5.96. The minimum absolute atomic E-state index is 0.0398. The van der Waals surface area contributed by atoms with Gasteiger partial charge < -0.3 is 20.0 Å². The highest BCUT2D eigenvalue weighted by Gasteiger charge is 2.25. The van der Waals surface area contributed by atoms with E-state index in [0.717, 1.165) is 0 Å². The van der Waals surface area contributed by atoms with Crippen molar-refractivity contribution >= 4 is 23.5 Å². The molecule has 1 fully saturated rings. The van der Waals surface area contributed by atoms with E-state index in [0.29, 0.717) is 56.1 Å². The molecule has 0 radical (unpaired) electrons. The van der Waals surface area contributed by atoms with Crippen LogP contribution in [-0.4, -0.2) is 71.8 Å². The maximum absolute atomic E-state index is 13.4. The molecule has 4 amide bonds. The third-order valence-corrected chi connectivity index (χ3v) is 5.36. The molecule has 1 aliphatic heterocycles. The molecule has 31 heavy (non-hydrogen) atoms. The number of piperazine rings is 1. The fourth-order valence-corrected chi connectivity index (χ4v) is 3.51. The summed E-state index contributed by atoms with van der Waals surface area (Å²) in [7, 11) is 0. The first-order valence-electron chi connectivity index (χ1n) is 10.4. The van der Waals surface area contributed by atoms with E-state index in [4.69, 9.17) is 0 Å². The molecule has 0 saturated carbocycles. The molecule has 1 saturated heterocycles. The van der Waals surface area contributed by atoms with Crippen molar-refractivity contribution in [2.24, 2.45) is 0 Å². The van der Waals surface area contributed by atoms with Crippen LogP contribution in [0, 0.1) is 5.82 Å². The number of rotatable bonds is 5. The van der Waals surface area contributed by atoms with Crippen LogP contribution in [0.5, 0.6) is 0 Å². The van der Waals surface area contributed by atoms with Gasteiger partial charge in [0.25, 0.3) is 11.8 Å². The van der Waals surface area contributed by atoms with E-state index in [1.807, 2.05) is 13.8 Å². The lowest BCUT2D eigenvalue weighted by atomic mass is 10.1. The number of amides is 4. The van der Waals surface area contributed by atoms with Crippen LogP contribution < -0.4 is 5.32 Å². The lowest BCUT2D eigenvalue weighted by Gasteiger charge is -2.34. The van der Waals surface area contributed by atoms with E-state index in [9.17, 15) is 18.8 Å². The summed E-state index contributed by atoms with van der Waals surface area (Å²) in [6.45, 7) is 6.66. The van der Waals surface area contributed by atoms with Crippen molar-refractivity contribution in [2.75, 3.05) is 44.6 Å². The molecule has 3 rings (SSSR count). The Balaban J connectivity index is 1.53. The fourth-order valence-electron chi connectivity index (χ4n) is 3.51. The molecule has 7 nitrogen and oxygen atoms in total. The second kappa shape index (κ2) is 10.1. The number of nitrogens with zero attached hydrogens (tertiary/aromatic N) is 3. The number of carbonyl (C=O) groups is 3. The summed E-state index contributed by atoms with van der Waals surface area (Å²) in [6, 6.07) is 12.2. The minimum Gasteiger partial charge on any atom is -0.339 e. The third-order valence-electron chi connectivity index (χ3n) is 5.36. The summed E-state index contributed by atoms with van der Waals surface area (Å²) in [5.41, 5.74) is 1.47. The first kappa shape index (κ1) is 22.3. The first-order chi connectivity index (χ1) is 14.9. The molecule has 1 heterocycles. The van der Waals surface area contributed by atoms with E-state index in [1.54, 1.807) is 45.0 Å². The molecule has 2 aromatic rings. The Labute approximate surface area is 181 Å². The fraction of sp³-hybridized carbons (Fsp3) is 0.348. The van der Waals surface area contributed by atoms with E-state index in [1.165, 1.54) is 18.2 Å². The van der Waals surface area contributed by atoms with Crippen LogP contribution in [-0.2, 0) is 0 Å². The molecule has 0 bridgehead atoms. The number of hydrogen-bond acceptors (Lipinski definition) is 3. The number of hydrogen-bond donors (Lipinski definition) is 1. The van der Waals surface area contributed by atoms with Crippen molar-refractivity contribution in [1.29, 1.82) is 0 Å². The zero-order valence-corrected chi connectivity index (χ0v) is 17.8. The average molecular weight is 426 g/mol. The molecule has 0 aromatic heterocycles. The molecule has 2 aromatic carbocycles. The Morgan fingerprint density at radius 1 is 0.903 bits per heavy atom. The summed E-state index contributed by atoms with van der Waals surface area (Å²) < 4.78 is 13.4. The van der Waals surface area contributed by atoms with Gasteiger partial charge in [0.15, 0.2) is 0 Å². The standard InChI is InChI=1S/C23H27FN4O3/c1-3-26(4-2)21(29)17-8-10-20(11-9-17)25-23(31)28-14-12-27(13-15-28)22(30)18-6-5-7-19(24)16-18/h5-11,16H,3-4,12-15H2,1-2H3,(H,25,31). The predicted molar refractivity (Wildman–Crippen MR) is 117 cm³/mol. The van der Waals surface area contributed by atoms with Gasteiger partial charge in [0.2, 0.25) is 0 Å². The van der Waals surface area contributed by atoms with E-state index < -0.39 is 5.82 Å². The average Bonchev–Trinajstić information content (AvgIpc) is 2.80. The molecule has 0 aliphatic carbocycles. The van der Waals surface area contributed by atoms with Gasteiger partial charge in [-0.2, -0.15) is 0 Å². The Morgan fingerprint density at radius 3 is 2.10 bits per heavy atom. The Hall–Kier alpha value is -3.42. The molecule has 0 unspecified atom stereocenters. The monoisotopic (exact) mass is 426 g/mol. The molecule has 0 spiro atoms. The molecule has 1 N–H and O–H groups in total. The number of urea groups is 1. The molecule has 164 valence electrons. The minimum atomic E-state index is -0.450. The van der Waals surface area contributed by atoms with Gasteiger partial charge in [0.1, 0.15) is 5.82 Å². The largest absolute Gasteiger partial charge is 0.339 e. The zero-order chi connectivity index (χ0) is 22.4. The maximum Gasteiger partial charge on any atom is 0.321 e.